The lowest BCUT2D eigenvalue weighted by atomic mass is 9.49. The molecule has 4 bridgehead atoms. The number of rotatable bonds is 3. The Hall–Kier alpha value is -5.20. The van der Waals surface area contributed by atoms with Crippen LogP contribution >= 0.6 is 0 Å². The molecule has 0 heterocycles. The van der Waals surface area contributed by atoms with E-state index in [1.165, 1.54) is 109 Å². The van der Waals surface area contributed by atoms with Crippen LogP contribution < -0.4 is 0 Å². The van der Waals surface area contributed by atoms with Crippen LogP contribution in [0.1, 0.15) is 49.1 Å². The van der Waals surface area contributed by atoms with Crippen molar-refractivity contribution in [3.63, 3.8) is 0 Å². The standard InChI is InChI=1S/C51H40/c1-3-13-37-32(10-1)12-9-19-39(37)50-42-17-7-5-15-40(42)48(41-16-6-8-18-43(41)50)34-21-22-44-46(29-34)49-38-14-4-2-11-33(38)20-23-45(49)51(44)47-35-25-30-24-31(27-35)28-36(47)26-30/h1-23,29-31,35-36,47,51H,24-28H2. The fourth-order valence-electron chi connectivity index (χ4n) is 12.3. The summed E-state index contributed by atoms with van der Waals surface area (Å²) in [4.78, 5) is 0. The van der Waals surface area contributed by atoms with Crippen molar-refractivity contribution in [2.45, 2.75) is 38.0 Å². The molecule has 1 unspecified atom stereocenters. The van der Waals surface area contributed by atoms with Crippen molar-refractivity contribution in [3.8, 4) is 33.4 Å². The van der Waals surface area contributed by atoms with Crippen molar-refractivity contribution in [1.29, 1.82) is 0 Å². The molecule has 5 aliphatic carbocycles. The largest absolute Gasteiger partial charge is 0.0616 e. The highest BCUT2D eigenvalue weighted by atomic mass is 14.6. The third-order valence-electron chi connectivity index (χ3n) is 13.9. The van der Waals surface area contributed by atoms with E-state index < -0.39 is 0 Å². The van der Waals surface area contributed by atoms with E-state index in [1.54, 1.807) is 11.1 Å². The van der Waals surface area contributed by atoms with Crippen LogP contribution in [0.5, 0.6) is 0 Å². The molecule has 0 nitrogen and oxygen atoms in total. The highest BCUT2D eigenvalue weighted by molar-refractivity contribution is 6.23. The van der Waals surface area contributed by atoms with Crippen LogP contribution in [0.15, 0.2) is 146 Å². The van der Waals surface area contributed by atoms with Gasteiger partial charge in [-0.05, 0) is 155 Å². The van der Waals surface area contributed by atoms with E-state index in [1.807, 2.05) is 0 Å². The summed E-state index contributed by atoms with van der Waals surface area (Å²) < 4.78 is 0. The van der Waals surface area contributed by atoms with Crippen LogP contribution in [0, 0.1) is 29.6 Å². The predicted molar refractivity (Wildman–Crippen MR) is 215 cm³/mol. The molecule has 0 radical (unpaired) electrons. The number of benzene rings is 8. The molecule has 0 aromatic heterocycles. The Labute approximate surface area is 299 Å². The molecule has 4 fully saturated rings. The minimum Gasteiger partial charge on any atom is -0.0616 e. The van der Waals surface area contributed by atoms with Crippen molar-refractivity contribution < 1.29 is 0 Å². The second kappa shape index (κ2) is 10.7. The molecule has 5 aliphatic rings. The molecule has 244 valence electrons. The zero-order valence-corrected chi connectivity index (χ0v) is 28.9. The van der Waals surface area contributed by atoms with Crippen LogP contribution in [0.2, 0.25) is 0 Å². The van der Waals surface area contributed by atoms with E-state index >= 15 is 0 Å². The van der Waals surface area contributed by atoms with Gasteiger partial charge in [0.1, 0.15) is 0 Å². The molecular formula is C51H40. The Morgan fingerprint density at radius 3 is 1.55 bits per heavy atom. The van der Waals surface area contributed by atoms with Crippen LogP contribution in [0.4, 0.5) is 0 Å². The van der Waals surface area contributed by atoms with Crippen LogP contribution in [0.25, 0.3) is 76.5 Å². The van der Waals surface area contributed by atoms with Gasteiger partial charge in [-0.1, -0.05) is 140 Å². The second-order valence-corrected chi connectivity index (χ2v) is 16.4. The summed E-state index contributed by atoms with van der Waals surface area (Å²) in [6.45, 7) is 0. The number of hydrogen-bond acceptors (Lipinski definition) is 0. The molecular weight excluding hydrogens is 613 g/mol. The average Bonchev–Trinajstić information content (AvgIpc) is 3.50. The van der Waals surface area contributed by atoms with E-state index in [0.717, 1.165) is 29.6 Å². The molecule has 8 aromatic rings. The van der Waals surface area contributed by atoms with Crippen LogP contribution in [-0.2, 0) is 0 Å². The predicted octanol–water partition coefficient (Wildman–Crippen LogP) is 13.8. The summed E-state index contributed by atoms with van der Waals surface area (Å²) in [5.41, 5.74) is 11.5. The third kappa shape index (κ3) is 4.02. The van der Waals surface area contributed by atoms with Gasteiger partial charge in [-0.25, -0.2) is 0 Å². The molecule has 0 aliphatic heterocycles. The van der Waals surface area contributed by atoms with Gasteiger partial charge < -0.3 is 0 Å². The molecule has 0 N–H and O–H groups in total. The first kappa shape index (κ1) is 28.5. The van der Waals surface area contributed by atoms with Crippen molar-refractivity contribution in [2.75, 3.05) is 0 Å². The fraction of sp³-hybridized carbons (Fsp3) is 0.216. The summed E-state index contributed by atoms with van der Waals surface area (Å²) in [7, 11) is 0. The highest BCUT2D eigenvalue weighted by Crippen LogP contribution is 2.64. The Morgan fingerprint density at radius 2 is 0.882 bits per heavy atom. The normalized spacial score (nSPS) is 24.5. The molecule has 0 heteroatoms. The fourth-order valence-corrected chi connectivity index (χ4v) is 12.3. The molecule has 4 saturated carbocycles. The Balaban J connectivity index is 1.12. The van der Waals surface area contributed by atoms with Gasteiger partial charge in [0.05, 0.1) is 0 Å². The molecule has 51 heavy (non-hydrogen) atoms. The van der Waals surface area contributed by atoms with Gasteiger partial charge in [0.15, 0.2) is 0 Å². The second-order valence-electron chi connectivity index (χ2n) is 16.4. The molecule has 1 atom stereocenters. The summed E-state index contributed by atoms with van der Waals surface area (Å²) >= 11 is 0. The van der Waals surface area contributed by atoms with Gasteiger partial charge >= 0.3 is 0 Å². The van der Waals surface area contributed by atoms with Gasteiger partial charge in [0, 0.05) is 5.92 Å². The topological polar surface area (TPSA) is 0 Å². The summed E-state index contributed by atoms with van der Waals surface area (Å²) in [6.07, 6.45) is 7.36. The quantitative estimate of drug-likeness (QED) is 0.167. The zero-order chi connectivity index (χ0) is 33.2. The lowest BCUT2D eigenvalue weighted by Gasteiger charge is -2.56. The maximum Gasteiger partial charge on any atom is 0.0135 e. The molecule has 8 aromatic carbocycles. The summed E-state index contributed by atoms with van der Waals surface area (Å²) in [6, 6.07) is 55.7. The van der Waals surface area contributed by atoms with E-state index in [4.69, 9.17) is 0 Å². The summed E-state index contributed by atoms with van der Waals surface area (Å²) in [5, 5.41) is 10.7. The van der Waals surface area contributed by atoms with Crippen LogP contribution in [-0.4, -0.2) is 0 Å². The van der Waals surface area contributed by atoms with Crippen molar-refractivity contribution in [3.05, 3.63) is 157 Å². The minimum absolute atomic E-state index is 0.505. The van der Waals surface area contributed by atoms with Crippen molar-refractivity contribution in [2.24, 2.45) is 29.6 Å². The third-order valence-corrected chi connectivity index (χ3v) is 13.9. The average molecular weight is 653 g/mol. The van der Waals surface area contributed by atoms with Crippen molar-refractivity contribution in [1.82, 2.24) is 0 Å². The SMILES string of the molecule is c1ccc2c(-c3c4ccccc4c(-c4ccc5c(c4)-c4c(ccc6ccccc46)C5C4C5CC6CC(C5)CC4C6)c4ccccc34)cccc2c1. The minimum atomic E-state index is 0.505. The first-order valence-corrected chi connectivity index (χ1v) is 19.4. The Bertz CT molecular complexity index is 2640. The monoisotopic (exact) mass is 652 g/mol. The molecule has 0 spiro atoms. The van der Waals surface area contributed by atoms with Gasteiger partial charge in [-0.2, -0.15) is 0 Å². The first-order valence-electron chi connectivity index (χ1n) is 19.4. The van der Waals surface area contributed by atoms with Gasteiger partial charge in [0.2, 0.25) is 0 Å². The van der Waals surface area contributed by atoms with Crippen LogP contribution in [0.3, 0.4) is 0 Å². The summed E-state index contributed by atoms with van der Waals surface area (Å²) in [5.74, 6) is 5.01. The number of fused-ring (bicyclic) bond motifs is 8. The smallest absolute Gasteiger partial charge is 0.0135 e. The molecule has 13 rings (SSSR count). The lowest BCUT2D eigenvalue weighted by Crippen LogP contribution is -2.47. The first-order chi connectivity index (χ1) is 25.3. The Kier molecular flexibility index (Phi) is 5.95. The van der Waals surface area contributed by atoms with E-state index in [2.05, 4.69) is 146 Å². The Morgan fingerprint density at radius 1 is 0.353 bits per heavy atom. The van der Waals surface area contributed by atoms with E-state index in [0.29, 0.717) is 5.92 Å². The van der Waals surface area contributed by atoms with Gasteiger partial charge in [-0.15, -0.1) is 0 Å². The van der Waals surface area contributed by atoms with Gasteiger partial charge in [-0.3, -0.25) is 0 Å². The zero-order valence-electron chi connectivity index (χ0n) is 28.9. The van der Waals surface area contributed by atoms with Gasteiger partial charge in [0.25, 0.3) is 0 Å². The lowest BCUT2D eigenvalue weighted by molar-refractivity contribution is -0.0424. The number of hydrogen-bond donors (Lipinski definition) is 0. The maximum atomic E-state index is 2.60. The van der Waals surface area contributed by atoms with Crippen molar-refractivity contribution >= 4 is 43.1 Å². The molecule has 0 amide bonds. The molecule has 0 saturated heterocycles. The maximum absolute atomic E-state index is 2.60. The highest BCUT2D eigenvalue weighted by Gasteiger charge is 2.52. The van der Waals surface area contributed by atoms with E-state index in [9.17, 15) is 0 Å². The van der Waals surface area contributed by atoms with E-state index in [-0.39, 0.29) is 0 Å².